The molecule has 126 valence electrons. The maximum atomic E-state index is 13.5. The number of halogens is 3. The molecule has 0 bridgehead atoms. The standard InChI is InChI=1S/C15H23F2N3S.HI/c16-15(17)7-2-1-4-12(10-15)11-20-14(18)19-8-6-13-5-3-9-21-13;/h3,5,9,12H,1-2,4,6-8,10-11H2,(H3,18,19,20);1H. The van der Waals surface area contributed by atoms with Crippen molar-refractivity contribution in [3.8, 4) is 0 Å². The number of guanidine groups is 1. The molecule has 2 rings (SSSR count). The van der Waals surface area contributed by atoms with Gasteiger partial charge in [0.1, 0.15) is 0 Å². The van der Waals surface area contributed by atoms with Crippen LogP contribution in [0.15, 0.2) is 22.5 Å². The number of hydrogen-bond donors (Lipinski definition) is 2. The minimum atomic E-state index is -2.53. The van der Waals surface area contributed by atoms with Crippen LogP contribution in [0.3, 0.4) is 0 Å². The molecular weight excluding hydrogens is 419 g/mol. The predicted octanol–water partition coefficient (Wildman–Crippen LogP) is 4.03. The van der Waals surface area contributed by atoms with Crippen LogP contribution in [0.5, 0.6) is 0 Å². The second-order valence-electron chi connectivity index (χ2n) is 5.65. The highest BCUT2D eigenvalue weighted by Gasteiger charge is 2.34. The van der Waals surface area contributed by atoms with E-state index in [2.05, 4.69) is 16.4 Å². The molecule has 7 heteroatoms. The minimum Gasteiger partial charge on any atom is -0.370 e. The van der Waals surface area contributed by atoms with Crippen molar-refractivity contribution < 1.29 is 8.78 Å². The molecule has 1 fully saturated rings. The van der Waals surface area contributed by atoms with E-state index in [0.717, 1.165) is 25.8 Å². The van der Waals surface area contributed by atoms with Crippen LogP contribution < -0.4 is 11.1 Å². The second kappa shape index (κ2) is 9.64. The topological polar surface area (TPSA) is 50.4 Å². The fourth-order valence-electron chi connectivity index (χ4n) is 2.65. The van der Waals surface area contributed by atoms with Gasteiger partial charge in [0.05, 0.1) is 0 Å². The Labute approximate surface area is 151 Å². The number of nitrogens with zero attached hydrogens (tertiary/aromatic N) is 1. The zero-order chi connectivity index (χ0) is 15.1. The Bertz CT molecular complexity index is 452. The highest BCUT2D eigenvalue weighted by molar-refractivity contribution is 14.0. The van der Waals surface area contributed by atoms with Crippen molar-refractivity contribution in [2.75, 3.05) is 13.1 Å². The molecule has 22 heavy (non-hydrogen) atoms. The fourth-order valence-corrected chi connectivity index (χ4v) is 3.36. The van der Waals surface area contributed by atoms with E-state index in [1.807, 2.05) is 11.4 Å². The summed E-state index contributed by atoms with van der Waals surface area (Å²) in [6.07, 6.45) is 3.15. The summed E-state index contributed by atoms with van der Waals surface area (Å²) >= 11 is 1.71. The lowest BCUT2D eigenvalue weighted by Gasteiger charge is -2.18. The van der Waals surface area contributed by atoms with Crippen molar-refractivity contribution in [3.05, 3.63) is 22.4 Å². The summed E-state index contributed by atoms with van der Waals surface area (Å²) in [6, 6.07) is 4.09. The van der Waals surface area contributed by atoms with Gasteiger partial charge in [-0.15, -0.1) is 35.3 Å². The molecule has 0 saturated heterocycles. The van der Waals surface area contributed by atoms with Gasteiger partial charge in [-0.3, -0.25) is 4.99 Å². The molecule has 1 atom stereocenters. The summed E-state index contributed by atoms with van der Waals surface area (Å²) in [7, 11) is 0. The molecule has 1 aliphatic rings. The molecule has 3 N–H and O–H groups in total. The molecule has 0 amide bonds. The summed E-state index contributed by atoms with van der Waals surface area (Å²) in [5.41, 5.74) is 5.79. The number of alkyl halides is 2. The number of aliphatic imine (C=N–C) groups is 1. The molecule has 3 nitrogen and oxygen atoms in total. The van der Waals surface area contributed by atoms with Gasteiger partial charge in [-0.05, 0) is 36.6 Å². The largest absolute Gasteiger partial charge is 0.370 e. The summed E-state index contributed by atoms with van der Waals surface area (Å²) in [4.78, 5) is 5.52. The van der Waals surface area contributed by atoms with Crippen molar-refractivity contribution in [1.29, 1.82) is 0 Å². The number of nitrogens with one attached hydrogen (secondary N) is 1. The van der Waals surface area contributed by atoms with E-state index in [-0.39, 0.29) is 42.7 Å². The maximum Gasteiger partial charge on any atom is 0.248 e. The lowest BCUT2D eigenvalue weighted by Crippen LogP contribution is -2.34. The maximum absolute atomic E-state index is 13.5. The summed E-state index contributed by atoms with van der Waals surface area (Å²) in [5.74, 6) is -2.22. The molecule has 0 aromatic carbocycles. The van der Waals surface area contributed by atoms with E-state index in [1.165, 1.54) is 4.88 Å². The summed E-state index contributed by atoms with van der Waals surface area (Å²) < 4.78 is 27.0. The van der Waals surface area contributed by atoms with Crippen LogP contribution in [0, 0.1) is 5.92 Å². The molecule has 0 aliphatic heterocycles. The number of nitrogens with two attached hydrogens (primary N) is 1. The molecule has 1 heterocycles. The van der Waals surface area contributed by atoms with Gasteiger partial charge in [0, 0.05) is 30.8 Å². The van der Waals surface area contributed by atoms with Crippen LogP contribution >= 0.6 is 35.3 Å². The normalized spacial score (nSPS) is 21.7. The number of hydrogen-bond acceptors (Lipinski definition) is 2. The van der Waals surface area contributed by atoms with E-state index >= 15 is 0 Å². The molecule has 1 saturated carbocycles. The third-order valence-electron chi connectivity index (χ3n) is 3.77. The average Bonchev–Trinajstić information content (AvgIpc) is 2.87. The third-order valence-corrected chi connectivity index (χ3v) is 4.71. The predicted molar refractivity (Wildman–Crippen MR) is 99.5 cm³/mol. The average molecular weight is 443 g/mol. The van der Waals surface area contributed by atoms with E-state index < -0.39 is 5.92 Å². The van der Waals surface area contributed by atoms with Gasteiger partial charge in [-0.1, -0.05) is 12.5 Å². The second-order valence-corrected chi connectivity index (χ2v) is 6.69. The highest BCUT2D eigenvalue weighted by atomic mass is 127. The van der Waals surface area contributed by atoms with Crippen LogP contribution in [0.1, 0.15) is 37.0 Å². The molecule has 1 aromatic rings. The van der Waals surface area contributed by atoms with Gasteiger partial charge in [0.15, 0.2) is 5.96 Å². The Morgan fingerprint density at radius 2 is 2.27 bits per heavy atom. The van der Waals surface area contributed by atoms with Gasteiger partial charge in [0.25, 0.3) is 0 Å². The Kier molecular flexibility index (Phi) is 8.59. The molecule has 0 spiro atoms. The molecular formula is C15H24F2IN3S. The Morgan fingerprint density at radius 3 is 3.00 bits per heavy atom. The molecule has 1 unspecified atom stereocenters. The Hall–Kier alpha value is -0.440. The van der Waals surface area contributed by atoms with Crippen molar-refractivity contribution in [1.82, 2.24) is 5.32 Å². The van der Waals surface area contributed by atoms with Gasteiger partial charge in [-0.25, -0.2) is 8.78 Å². The van der Waals surface area contributed by atoms with Crippen LogP contribution in [-0.2, 0) is 6.42 Å². The fraction of sp³-hybridized carbons (Fsp3) is 0.667. The van der Waals surface area contributed by atoms with Crippen LogP contribution in [-0.4, -0.2) is 25.0 Å². The van der Waals surface area contributed by atoms with Gasteiger partial charge in [0.2, 0.25) is 5.92 Å². The van der Waals surface area contributed by atoms with Crippen molar-refractivity contribution >= 4 is 41.3 Å². The van der Waals surface area contributed by atoms with Gasteiger partial charge in [-0.2, -0.15) is 0 Å². The highest BCUT2D eigenvalue weighted by Crippen LogP contribution is 2.35. The van der Waals surface area contributed by atoms with E-state index in [1.54, 1.807) is 11.3 Å². The SMILES string of the molecule is I.NC(=NCC1CCCCC(F)(F)C1)NCCc1cccs1. The van der Waals surface area contributed by atoms with Gasteiger partial charge < -0.3 is 11.1 Å². The van der Waals surface area contributed by atoms with Crippen LogP contribution in [0.4, 0.5) is 8.78 Å². The monoisotopic (exact) mass is 443 g/mol. The first kappa shape index (κ1) is 19.6. The zero-order valence-corrected chi connectivity index (χ0v) is 15.7. The van der Waals surface area contributed by atoms with E-state index in [4.69, 9.17) is 5.73 Å². The zero-order valence-electron chi connectivity index (χ0n) is 12.6. The summed E-state index contributed by atoms with van der Waals surface area (Å²) in [5, 5.41) is 5.08. The Balaban J connectivity index is 0.00000242. The molecule has 0 radical (unpaired) electrons. The first-order valence-corrected chi connectivity index (χ1v) is 8.37. The Morgan fingerprint density at radius 1 is 1.45 bits per heavy atom. The van der Waals surface area contributed by atoms with Crippen LogP contribution in [0.2, 0.25) is 0 Å². The van der Waals surface area contributed by atoms with Crippen molar-refractivity contribution in [3.63, 3.8) is 0 Å². The lowest BCUT2D eigenvalue weighted by molar-refractivity contribution is -0.0241. The molecule has 1 aliphatic carbocycles. The lowest BCUT2D eigenvalue weighted by atomic mass is 9.99. The summed E-state index contributed by atoms with van der Waals surface area (Å²) in [6.45, 7) is 1.12. The van der Waals surface area contributed by atoms with Crippen molar-refractivity contribution in [2.45, 2.75) is 44.4 Å². The minimum absolute atomic E-state index is 0. The quantitative estimate of drug-likeness (QED) is 0.313. The van der Waals surface area contributed by atoms with Crippen LogP contribution in [0.25, 0.3) is 0 Å². The van der Waals surface area contributed by atoms with Gasteiger partial charge >= 0.3 is 0 Å². The van der Waals surface area contributed by atoms with Crippen molar-refractivity contribution in [2.24, 2.45) is 16.6 Å². The number of thiophene rings is 1. The molecule has 1 aromatic heterocycles. The first-order valence-electron chi connectivity index (χ1n) is 7.49. The number of rotatable bonds is 5. The smallest absolute Gasteiger partial charge is 0.248 e. The van der Waals surface area contributed by atoms with E-state index in [9.17, 15) is 8.78 Å². The third kappa shape index (κ3) is 7.21. The van der Waals surface area contributed by atoms with E-state index in [0.29, 0.717) is 18.9 Å². The first-order chi connectivity index (χ1) is 10.1.